The number of hydrogen-bond acceptors (Lipinski definition) is 5. The zero-order chi connectivity index (χ0) is 25.3. The van der Waals surface area contributed by atoms with Gasteiger partial charge in [0.05, 0.1) is 19.0 Å². The van der Waals surface area contributed by atoms with Crippen LogP contribution in [0.2, 0.25) is 0 Å². The van der Waals surface area contributed by atoms with Crippen molar-refractivity contribution in [3.63, 3.8) is 0 Å². The molecule has 0 bridgehead atoms. The molecule has 0 saturated heterocycles. The average Bonchev–Trinajstić information content (AvgIpc) is 3.50. The van der Waals surface area contributed by atoms with Gasteiger partial charge in [-0.15, -0.1) is 0 Å². The number of nitrogens with zero attached hydrogens (tertiary/aromatic N) is 4. The molecule has 4 aromatic rings. The number of hydrogen-bond donors (Lipinski definition) is 2. The molecule has 0 unspecified atom stereocenters. The lowest BCUT2D eigenvalue weighted by Crippen LogP contribution is -2.18. The number of rotatable bonds is 6. The highest BCUT2D eigenvalue weighted by molar-refractivity contribution is 6.07. The molecule has 0 aliphatic rings. The first-order valence-electron chi connectivity index (χ1n) is 10.8. The fourth-order valence-electron chi connectivity index (χ4n) is 3.73. The van der Waals surface area contributed by atoms with Gasteiger partial charge in [-0.05, 0) is 24.6 Å². The summed E-state index contributed by atoms with van der Waals surface area (Å²) in [7, 11) is 6.36. The Balaban J connectivity index is 1.49. The summed E-state index contributed by atoms with van der Waals surface area (Å²) in [6.45, 7) is 2.03. The van der Waals surface area contributed by atoms with E-state index in [4.69, 9.17) is 0 Å². The molecule has 0 atom stereocenters. The predicted molar refractivity (Wildman–Crippen MR) is 131 cm³/mol. The number of carbonyl (C=O) groups excluding carboxylic acids is 3. The number of methoxy groups -OCH3 is 1. The van der Waals surface area contributed by atoms with E-state index in [1.54, 1.807) is 35.5 Å². The Morgan fingerprint density at radius 2 is 1.49 bits per heavy atom. The highest BCUT2D eigenvalue weighted by Gasteiger charge is 2.20. The van der Waals surface area contributed by atoms with E-state index in [2.05, 4.69) is 20.4 Å². The molecule has 0 spiro atoms. The molecule has 2 amide bonds. The summed E-state index contributed by atoms with van der Waals surface area (Å²) in [6, 6.07) is 11.5. The fourth-order valence-corrected chi connectivity index (χ4v) is 3.73. The molecule has 0 aliphatic heterocycles. The van der Waals surface area contributed by atoms with Crippen molar-refractivity contribution in [2.45, 2.75) is 6.92 Å². The van der Waals surface area contributed by atoms with Crippen LogP contribution in [0.5, 0.6) is 0 Å². The van der Waals surface area contributed by atoms with Gasteiger partial charge < -0.3 is 29.1 Å². The molecule has 0 aliphatic carbocycles. The van der Waals surface area contributed by atoms with Gasteiger partial charge in [-0.1, -0.05) is 29.8 Å². The number of aromatic nitrogens is 4. The maximum Gasteiger partial charge on any atom is 0.374 e. The van der Waals surface area contributed by atoms with E-state index >= 15 is 0 Å². The Hall–Kier alpha value is -4.60. The van der Waals surface area contributed by atoms with Gasteiger partial charge in [-0.3, -0.25) is 9.59 Å². The Kier molecular flexibility index (Phi) is 6.28. The summed E-state index contributed by atoms with van der Waals surface area (Å²) in [6.07, 6.45) is 4.93. The van der Waals surface area contributed by atoms with Crippen molar-refractivity contribution in [3.8, 4) is 11.1 Å². The smallest absolute Gasteiger partial charge is 0.374 e. The van der Waals surface area contributed by atoms with Gasteiger partial charge in [-0.2, -0.15) is 0 Å². The van der Waals surface area contributed by atoms with Crippen LogP contribution in [0.4, 0.5) is 11.5 Å². The van der Waals surface area contributed by atoms with Crippen molar-refractivity contribution in [1.82, 2.24) is 18.7 Å². The second-order valence-corrected chi connectivity index (χ2v) is 8.24. The summed E-state index contributed by atoms with van der Waals surface area (Å²) in [4.78, 5) is 41.5. The summed E-state index contributed by atoms with van der Waals surface area (Å²) in [5.41, 5.74) is 4.40. The maximum absolute atomic E-state index is 13.0. The lowest BCUT2D eigenvalue weighted by atomic mass is 10.1. The zero-order valence-electron chi connectivity index (χ0n) is 20.1. The second-order valence-electron chi connectivity index (χ2n) is 8.24. The first kappa shape index (κ1) is 23.6. The summed E-state index contributed by atoms with van der Waals surface area (Å²) < 4.78 is 9.47. The van der Waals surface area contributed by atoms with Gasteiger partial charge in [-0.25, -0.2) is 9.78 Å². The van der Waals surface area contributed by atoms with E-state index in [0.717, 1.165) is 11.1 Å². The van der Waals surface area contributed by atoms with Crippen LogP contribution in [-0.4, -0.2) is 43.6 Å². The Morgan fingerprint density at radius 1 is 0.857 bits per heavy atom. The number of aryl methyl sites for hydroxylation is 3. The van der Waals surface area contributed by atoms with Crippen molar-refractivity contribution in [1.29, 1.82) is 0 Å². The van der Waals surface area contributed by atoms with Crippen molar-refractivity contribution < 1.29 is 19.1 Å². The SMILES string of the molecule is COC(=O)c1ncc(NC(=O)c2cc(NC(=O)c3cc(-c4ccc(C)cc4)cn3C)cn2C)n1C. The normalized spacial score (nSPS) is 10.8. The van der Waals surface area contributed by atoms with Crippen LogP contribution in [0.3, 0.4) is 0 Å². The van der Waals surface area contributed by atoms with E-state index in [9.17, 15) is 14.4 Å². The summed E-state index contributed by atoms with van der Waals surface area (Å²) in [5.74, 6) is -0.932. The molecular weight excluding hydrogens is 448 g/mol. The molecule has 35 heavy (non-hydrogen) atoms. The molecule has 2 N–H and O–H groups in total. The summed E-state index contributed by atoms with van der Waals surface area (Å²) in [5, 5.41) is 5.57. The van der Waals surface area contributed by atoms with Gasteiger partial charge in [0.25, 0.3) is 11.8 Å². The standard InChI is InChI=1S/C25H26N6O4/c1-15-6-8-16(9-7-15)17-10-19(29(2)13-17)23(32)27-18-11-20(30(3)14-18)24(33)28-21-12-26-22(31(21)4)25(34)35-5/h6-14H,1-5H3,(H,27,32)(H,28,33). The van der Waals surface area contributed by atoms with E-state index in [0.29, 0.717) is 22.9 Å². The molecule has 3 heterocycles. The lowest BCUT2D eigenvalue weighted by molar-refractivity contribution is 0.0582. The van der Waals surface area contributed by atoms with Crippen molar-refractivity contribution in [2.24, 2.45) is 21.1 Å². The first-order chi connectivity index (χ1) is 16.7. The van der Waals surface area contributed by atoms with Gasteiger partial charge in [0, 0.05) is 39.1 Å². The van der Waals surface area contributed by atoms with Gasteiger partial charge in [0.15, 0.2) is 0 Å². The number of esters is 1. The van der Waals surface area contributed by atoms with Crippen molar-refractivity contribution in [2.75, 3.05) is 17.7 Å². The van der Waals surface area contributed by atoms with Crippen molar-refractivity contribution >= 4 is 29.3 Å². The van der Waals surface area contributed by atoms with Crippen LogP contribution in [0.1, 0.15) is 37.2 Å². The molecule has 180 valence electrons. The van der Waals surface area contributed by atoms with Gasteiger partial charge in [0.1, 0.15) is 17.2 Å². The molecule has 10 heteroatoms. The van der Waals surface area contributed by atoms with E-state index in [1.165, 1.54) is 23.4 Å². The number of ether oxygens (including phenoxy) is 1. The third-order valence-electron chi connectivity index (χ3n) is 5.72. The number of amides is 2. The fraction of sp³-hybridized carbons (Fsp3) is 0.200. The molecule has 0 radical (unpaired) electrons. The van der Waals surface area contributed by atoms with Crippen LogP contribution >= 0.6 is 0 Å². The van der Waals surface area contributed by atoms with Crippen LogP contribution in [0.25, 0.3) is 11.1 Å². The highest BCUT2D eigenvalue weighted by atomic mass is 16.5. The molecular formula is C25H26N6O4. The number of anilines is 2. The van der Waals surface area contributed by atoms with E-state index < -0.39 is 11.9 Å². The Morgan fingerprint density at radius 3 is 2.17 bits per heavy atom. The Labute approximate surface area is 202 Å². The third-order valence-corrected chi connectivity index (χ3v) is 5.72. The average molecular weight is 475 g/mol. The zero-order valence-corrected chi connectivity index (χ0v) is 20.1. The molecule has 10 nitrogen and oxygen atoms in total. The van der Waals surface area contributed by atoms with Crippen LogP contribution < -0.4 is 10.6 Å². The van der Waals surface area contributed by atoms with Gasteiger partial charge >= 0.3 is 5.97 Å². The van der Waals surface area contributed by atoms with Crippen molar-refractivity contribution in [3.05, 3.63) is 77.8 Å². The van der Waals surface area contributed by atoms with Crippen LogP contribution in [0, 0.1) is 6.92 Å². The molecule has 0 saturated carbocycles. The van der Waals surface area contributed by atoms with Crippen LogP contribution in [-0.2, 0) is 25.9 Å². The minimum absolute atomic E-state index is 0.0650. The van der Waals surface area contributed by atoms with Gasteiger partial charge in [0.2, 0.25) is 5.82 Å². The minimum Gasteiger partial charge on any atom is -0.463 e. The first-order valence-corrected chi connectivity index (χ1v) is 10.8. The highest BCUT2D eigenvalue weighted by Crippen LogP contribution is 2.23. The molecule has 3 aromatic heterocycles. The topological polar surface area (TPSA) is 112 Å². The third kappa shape index (κ3) is 4.72. The van der Waals surface area contributed by atoms with E-state index in [-0.39, 0.29) is 11.7 Å². The maximum atomic E-state index is 13.0. The van der Waals surface area contributed by atoms with E-state index in [1.807, 2.05) is 50.5 Å². The minimum atomic E-state index is -0.608. The molecule has 4 rings (SSSR count). The Bertz CT molecular complexity index is 1420. The number of imidazole rings is 1. The lowest BCUT2D eigenvalue weighted by Gasteiger charge is -2.07. The summed E-state index contributed by atoms with van der Waals surface area (Å²) >= 11 is 0. The predicted octanol–water partition coefficient (Wildman–Crippen LogP) is 3.36. The number of nitrogens with one attached hydrogen (secondary N) is 2. The molecule has 0 fully saturated rings. The largest absolute Gasteiger partial charge is 0.463 e. The quantitative estimate of drug-likeness (QED) is 0.416. The molecule has 1 aromatic carbocycles. The van der Waals surface area contributed by atoms with Crippen LogP contribution in [0.15, 0.2) is 55.0 Å². The second kappa shape index (κ2) is 9.34. The number of benzene rings is 1. The monoisotopic (exact) mass is 474 g/mol. The number of carbonyl (C=O) groups is 3.